The molecule has 1 aliphatic rings. The number of carbonyl (C=O) groups is 2. The third-order valence-electron chi connectivity index (χ3n) is 4.35. The predicted molar refractivity (Wildman–Crippen MR) is 92.1 cm³/mol. The van der Waals surface area contributed by atoms with Crippen LogP contribution in [0.4, 0.5) is 4.39 Å². The first-order valence-electron chi connectivity index (χ1n) is 7.82. The van der Waals surface area contributed by atoms with Gasteiger partial charge in [0, 0.05) is 31.0 Å². The Hall–Kier alpha value is -1.66. The number of hydrogen-bond donors (Lipinski definition) is 1. The van der Waals surface area contributed by atoms with Gasteiger partial charge in [-0.25, -0.2) is 4.39 Å². The van der Waals surface area contributed by atoms with Gasteiger partial charge >= 0.3 is 0 Å². The van der Waals surface area contributed by atoms with Gasteiger partial charge in [0.1, 0.15) is 0 Å². The number of carbonyl (C=O) groups excluding carboxylic acids is 2. The van der Waals surface area contributed by atoms with E-state index in [1.807, 2.05) is 6.92 Å². The average molecular weight is 359 g/mol. The van der Waals surface area contributed by atoms with Crippen molar-refractivity contribution in [2.45, 2.75) is 32.2 Å². The second-order valence-electron chi connectivity index (χ2n) is 6.01. The van der Waals surface area contributed by atoms with Crippen LogP contribution in [0.25, 0.3) is 0 Å². The molecule has 0 bridgehead atoms. The normalized spacial score (nSPS) is 19.8. The Balaban J connectivity index is 0.00000288. The number of methoxy groups -OCH3 is 1. The van der Waals surface area contributed by atoms with Crippen molar-refractivity contribution in [3.05, 3.63) is 29.6 Å². The van der Waals surface area contributed by atoms with Crippen molar-refractivity contribution in [2.75, 3.05) is 20.2 Å². The number of nitrogens with two attached hydrogens (primary N) is 1. The number of nitrogens with zero attached hydrogens (tertiary/aromatic N) is 1. The first-order valence-corrected chi connectivity index (χ1v) is 7.82. The van der Waals surface area contributed by atoms with E-state index in [4.69, 9.17) is 10.5 Å². The maximum Gasteiger partial charge on any atom is 0.223 e. The summed E-state index contributed by atoms with van der Waals surface area (Å²) in [5, 5.41) is 0. The van der Waals surface area contributed by atoms with Crippen LogP contribution < -0.4 is 10.5 Å². The standard InChI is InChI=1S/C17H23FN2O3.ClH/c1-11-7-12(9-19)10-20(11)17(22)6-4-15(21)13-3-5-16(23-2)14(18)8-13;/h3,5,8,11-12H,4,6-7,9-10,19H2,1-2H3;1H. The van der Waals surface area contributed by atoms with Crippen molar-refractivity contribution >= 4 is 24.1 Å². The number of likely N-dealkylation sites (tertiary alicyclic amines) is 1. The summed E-state index contributed by atoms with van der Waals surface area (Å²) in [5.74, 6) is -0.446. The zero-order valence-electron chi connectivity index (χ0n) is 14.0. The average Bonchev–Trinajstić information content (AvgIpc) is 2.93. The Morgan fingerprint density at radius 2 is 2.08 bits per heavy atom. The molecule has 0 aliphatic carbocycles. The van der Waals surface area contributed by atoms with E-state index in [1.54, 1.807) is 4.90 Å². The van der Waals surface area contributed by atoms with Gasteiger partial charge in [-0.3, -0.25) is 9.59 Å². The first kappa shape index (κ1) is 20.4. The van der Waals surface area contributed by atoms with Gasteiger partial charge in [0.15, 0.2) is 17.3 Å². The van der Waals surface area contributed by atoms with Crippen LogP contribution >= 0.6 is 12.4 Å². The maximum absolute atomic E-state index is 13.6. The highest BCUT2D eigenvalue weighted by atomic mass is 35.5. The number of ketones is 1. The van der Waals surface area contributed by atoms with Gasteiger partial charge in [0.25, 0.3) is 0 Å². The lowest BCUT2D eigenvalue weighted by molar-refractivity contribution is -0.131. The van der Waals surface area contributed by atoms with Gasteiger partial charge in [0.05, 0.1) is 7.11 Å². The van der Waals surface area contributed by atoms with Crippen LogP contribution in [0.1, 0.15) is 36.5 Å². The summed E-state index contributed by atoms with van der Waals surface area (Å²) in [6.07, 6.45) is 1.11. The quantitative estimate of drug-likeness (QED) is 0.792. The van der Waals surface area contributed by atoms with Crippen molar-refractivity contribution in [1.82, 2.24) is 4.90 Å². The second-order valence-corrected chi connectivity index (χ2v) is 6.01. The van der Waals surface area contributed by atoms with Gasteiger partial charge in [-0.2, -0.15) is 0 Å². The number of hydrogen-bond acceptors (Lipinski definition) is 4. The second kappa shape index (κ2) is 8.99. The molecule has 0 aromatic heterocycles. The van der Waals surface area contributed by atoms with E-state index in [1.165, 1.54) is 19.2 Å². The molecule has 1 aliphatic heterocycles. The third-order valence-corrected chi connectivity index (χ3v) is 4.35. The number of ether oxygens (including phenoxy) is 1. The van der Waals surface area contributed by atoms with Crippen LogP contribution in [0.2, 0.25) is 0 Å². The number of amides is 1. The van der Waals surface area contributed by atoms with E-state index in [2.05, 4.69) is 0 Å². The molecule has 2 atom stereocenters. The largest absolute Gasteiger partial charge is 0.494 e. The maximum atomic E-state index is 13.6. The summed E-state index contributed by atoms with van der Waals surface area (Å²) in [7, 11) is 1.37. The fourth-order valence-corrected chi connectivity index (χ4v) is 3.01. The highest BCUT2D eigenvalue weighted by Gasteiger charge is 2.31. The Bertz CT molecular complexity index is 597. The summed E-state index contributed by atoms with van der Waals surface area (Å²) in [5.41, 5.74) is 5.91. The Kier molecular flexibility index (Phi) is 7.63. The highest BCUT2D eigenvalue weighted by molar-refractivity contribution is 5.98. The minimum atomic E-state index is -0.580. The molecule has 2 unspecified atom stereocenters. The molecule has 1 heterocycles. The topological polar surface area (TPSA) is 72.6 Å². The van der Waals surface area contributed by atoms with Crippen LogP contribution in [0.5, 0.6) is 5.75 Å². The van der Waals surface area contributed by atoms with E-state index in [0.717, 1.165) is 12.5 Å². The summed E-state index contributed by atoms with van der Waals surface area (Å²) >= 11 is 0. The lowest BCUT2D eigenvalue weighted by Gasteiger charge is -2.21. The number of rotatable bonds is 6. The van der Waals surface area contributed by atoms with Crippen molar-refractivity contribution in [3.8, 4) is 5.75 Å². The number of halogens is 2. The van der Waals surface area contributed by atoms with Crippen molar-refractivity contribution < 1.29 is 18.7 Å². The summed E-state index contributed by atoms with van der Waals surface area (Å²) < 4.78 is 18.4. The predicted octanol–water partition coefficient (Wildman–Crippen LogP) is 2.41. The SMILES string of the molecule is COc1ccc(C(=O)CCC(=O)N2CC(CN)CC2C)cc1F.Cl. The minimum absolute atomic E-state index is 0. The zero-order chi connectivity index (χ0) is 17.0. The lowest BCUT2D eigenvalue weighted by atomic mass is 10.1. The fraction of sp³-hybridized carbons (Fsp3) is 0.529. The van der Waals surface area contributed by atoms with Gasteiger partial charge in [-0.15, -0.1) is 12.4 Å². The number of Topliss-reactive ketones (excluding diaryl/α,β-unsaturated/α-hetero) is 1. The molecule has 7 heteroatoms. The Morgan fingerprint density at radius 1 is 1.38 bits per heavy atom. The molecule has 5 nitrogen and oxygen atoms in total. The molecular formula is C17H24ClFN2O3. The molecule has 1 fully saturated rings. The summed E-state index contributed by atoms with van der Waals surface area (Å²) in [6, 6.07) is 4.23. The highest BCUT2D eigenvalue weighted by Crippen LogP contribution is 2.24. The molecule has 24 heavy (non-hydrogen) atoms. The van der Waals surface area contributed by atoms with E-state index >= 15 is 0 Å². The van der Waals surface area contributed by atoms with E-state index in [0.29, 0.717) is 19.0 Å². The fourth-order valence-electron chi connectivity index (χ4n) is 3.01. The molecule has 0 radical (unpaired) electrons. The molecule has 1 aromatic rings. The molecule has 134 valence electrons. The smallest absolute Gasteiger partial charge is 0.223 e. The Labute approximate surface area is 147 Å². The summed E-state index contributed by atoms with van der Waals surface area (Å²) in [6.45, 7) is 3.22. The van der Waals surface area contributed by atoms with Crippen LogP contribution in [0, 0.1) is 11.7 Å². The van der Waals surface area contributed by atoms with E-state index in [9.17, 15) is 14.0 Å². The van der Waals surface area contributed by atoms with Crippen molar-refractivity contribution in [1.29, 1.82) is 0 Å². The van der Waals surface area contributed by atoms with Crippen molar-refractivity contribution in [2.24, 2.45) is 11.7 Å². The monoisotopic (exact) mass is 358 g/mol. The molecule has 1 amide bonds. The van der Waals surface area contributed by atoms with Gasteiger partial charge in [-0.1, -0.05) is 0 Å². The van der Waals surface area contributed by atoms with Crippen molar-refractivity contribution in [3.63, 3.8) is 0 Å². The third kappa shape index (κ3) is 4.68. The molecule has 1 saturated heterocycles. The molecule has 1 aromatic carbocycles. The van der Waals surface area contributed by atoms with Gasteiger partial charge < -0.3 is 15.4 Å². The first-order chi connectivity index (χ1) is 11.0. The van der Waals surface area contributed by atoms with Crippen LogP contribution in [0.15, 0.2) is 18.2 Å². The minimum Gasteiger partial charge on any atom is -0.494 e. The van der Waals surface area contributed by atoms with Gasteiger partial charge in [-0.05, 0) is 44.0 Å². The summed E-state index contributed by atoms with van der Waals surface area (Å²) in [4.78, 5) is 26.2. The molecular weight excluding hydrogens is 335 g/mol. The van der Waals surface area contributed by atoms with E-state index in [-0.39, 0.29) is 54.3 Å². The van der Waals surface area contributed by atoms with Crippen LogP contribution in [0.3, 0.4) is 0 Å². The lowest BCUT2D eigenvalue weighted by Crippen LogP contribution is -2.34. The van der Waals surface area contributed by atoms with Crippen LogP contribution in [-0.4, -0.2) is 42.8 Å². The zero-order valence-corrected chi connectivity index (χ0v) is 14.8. The Morgan fingerprint density at radius 3 is 2.62 bits per heavy atom. The van der Waals surface area contributed by atoms with E-state index < -0.39 is 5.82 Å². The molecule has 2 N–H and O–H groups in total. The number of benzene rings is 1. The van der Waals surface area contributed by atoms with Gasteiger partial charge in [0.2, 0.25) is 5.91 Å². The molecule has 0 spiro atoms. The molecule has 2 rings (SSSR count). The molecule has 0 saturated carbocycles. The van der Waals surface area contributed by atoms with Crippen LogP contribution in [-0.2, 0) is 4.79 Å².